The van der Waals surface area contributed by atoms with Crippen LogP contribution in [0.2, 0.25) is 0 Å². The van der Waals surface area contributed by atoms with Crippen molar-refractivity contribution in [3.63, 3.8) is 0 Å². The van der Waals surface area contributed by atoms with Crippen LogP contribution in [0.3, 0.4) is 0 Å². The van der Waals surface area contributed by atoms with E-state index in [9.17, 15) is 14.7 Å². The van der Waals surface area contributed by atoms with Crippen molar-refractivity contribution in [1.82, 2.24) is 0 Å². The number of ketones is 1. The minimum absolute atomic E-state index is 0.162. The van der Waals surface area contributed by atoms with E-state index in [1.807, 2.05) is 24.3 Å². The molecule has 0 spiro atoms. The van der Waals surface area contributed by atoms with E-state index >= 15 is 0 Å². The topological polar surface area (TPSA) is 54.4 Å². The van der Waals surface area contributed by atoms with Crippen molar-refractivity contribution >= 4 is 27.7 Å². The van der Waals surface area contributed by atoms with E-state index < -0.39 is 11.9 Å². The van der Waals surface area contributed by atoms with Crippen molar-refractivity contribution < 1.29 is 14.7 Å². The number of hydrogen-bond donors (Lipinski definition) is 1. The molecule has 1 N–H and O–H groups in total. The van der Waals surface area contributed by atoms with Gasteiger partial charge in [-0.05, 0) is 24.1 Å². The first-order valence-electron chi connectivity index (χ1n) is 5.58. The molecule has 0 bridgehead atoms. The minimum atomic E-state index is -0.801. The number of halogens is 1. The highest BCUT2D eigenvalue weighted by molar-refractivity contribution is 9.10. The summed E-state index contributed by atoms with van der Waals surface area (Å²) < 4.78 is 0.954. The van der Waals surface area contributed by atoms with Gasteiger partial charge in [0.1, 0.15) is 5.78 Å². The molecule has 1 fully saturated rings. The Labute approximate surface area is 108 Å². The molecule has 0 amide bonds. The second kappa shape index (κ2) is 5.00. The van der Waals surface area contributed by atoms with Crippen molar-refractivity contribution in [2.24, 2.45) is 5.92 Å². The fraction of sp³-hybridized carbons (Fsp3) is 0.385. The molecule has 0 aliphatic heterocycles. The Bertz CT molecular complexity index is 438. The Morgan fingerprint density at radius 2 is 1.94 bits per heavy atom. The SMILES string of the molecule is O=C1CC[C@@H](C(=O)O)[C@H](c2ccc(Br)cc2)C1. The lowest BCUT2D eigenvalue weighted by atomic mass is 9.75. The highest BCUT2D eigenvalue weighted by Gasteiger charge is 2.35. The molecular weight excluding hydrogens is 284 g/mol. The lowest BCUT2D eigenvalue weighted by Crippen LogP contribution is -2.29. The predicted octanol–water partition coefficient (Wildman–Crippen LogP) is 2.99. The van der Waals surface area contributed by atoms with Crippen molar-refractivity contribution in [3.05, 3.63) is 34.3 Å². The van der Waals surface area contributed by atoms with E-state index in [0.717, 1.165) is 10.0 Å². The van der Waals surface area contributed by atoms with E-state index in [0.29, 0.717) is 19.3 Å². The maximum atomic E-state index is 11.5. The highest BCUT2D eigenvalue weighted by Crippen LogP contribution is 2.36. The van der Waals surface area contributed by atoms with E-state index in [2.05, 4.69) is 15.9 Å². The summed E-state index contributed by atoms with van der Waals surface area (Å²) in [5, 5.41) is 9.19. The standard InChI is InChI=1S/C13H13BrO3/c14-9-3-1-8(2-4-9)12-7-10(15)5-6-11(12)13(16)17/h1-4,11-12H,5-7H2,(H,16,17)/t11-,12+/m1/s1. The Hall–Kier alpha value is -1.16. The zero-order valence-electron chi connectivity index (χ0n) is 9.23. The maximum Gasteiger partial charge on any atom is 0.307 e. The van der Waals surface area contributed by atoms with Gasteiger partial charge in [-0.25, -0.2) is 0 Å². The van der Waals surface area contributed by atoms with Crippen LogP contribution >= 0.6 is 15.9 Å². The van der Waals surface area contributed by atoms with Gasteiger partial charge in [-0.3, -0.25) is 9.59 Å². The van der Waals surface area contributed by atoms with Crippen molar-refractivity contribution in [1.29, 1.82) is 0 Å². The molecule has 1 aliphatic rings. The van der Waals surface area contributed by atoms with Crippen LogP contribution in [0, 0.1) is 5.92 Å². The summed E-state index contributed by atoms with van der Waals surface area (Å²) in [6, 6.07) is 7.55. The minimum Gasteiger partial charge on any atom is -0.481 e. The third-order valence-electron chi connectivity index (χ3n) is 3.28. The molecule has 1 aromatic carbocycles. The van der Waals surface area contributed by atoms with Gasteiger partial charge < -0.3 is 5.11 Å². The number of hydrogen-bond acceptors (Lipinski definition) is 2. The molecule has 3 nitrogen and oxygen atoms in total. The first-order valence-corrected chi connectivity index (χ1v) is 6.37. The smallest absolute Gasteiger partial charge is 0.307 e. The molecule has 1 saturated carbocycles. The summed E-state index contributed by atoms with van der Waals surface area (Å²) in [7, 11) is 0. The Balaban J connectivity index is 2.28. The monoisotopic (exact) mass is 296 g/mol. The van der Waals surface area contributed by atoms with Gasteiger partial charge in [-0.15, -0.1) is 0 Å². The lowest BCUT2D eigenvalue weighted by Gasteiger charge is -2.28. The second-order valence-electron chi connectivity index (χ2n) is 4.38. The van der Waals surface area contributed by atoms with Crippen molar-refractivity contribution in [3.8, 4) is 0 Å². The molecule has 0 aromatic heterocycles. The normalized spacial score (nSPS) is 24.6. The number of rotatable bonds is 2. The molecule has 90 valence electrons. The summed E-state index contributed by atoms with van der Waals surface area (Å²) in [4.78, 5) is 22.7. The molecular formula is C13H13BrO3. The van der Waals surface area contributed by atoms with Crippen LogP contribution in [0.4, 0.5) is 0 Å². The van der Waals surface area contributed by atoms with Gasteiger partial charge in [0, 0.05) is 23.2 Å². The third-order valence-corrected chi connectivity index (χ3v) is 3.81. The summed E-state index contributed by atoms with van der Waals surface area (Å²) >= 11 is 3.34. The zero-order chi connectivity index (χ0) is 12.4. The fourth-order valence-electron chi connectivity index (χ4n) is 2.36. The van der Waals surface area contributed by atoms with Crippen LogP contribution in [0.15, 0.2) is 28.7 Å². The zero-order valence-corrected chi connectivity index (χ0v) is 10.8. The molecule has 0 saturated heterocycles. The van der Waals surface area contributed by atoms with Gasteiger partial charge in [0.05, 0.1) is 5.92 Å². The number of carbonyl (C=O) groups is 2. The first-order chi connectivity index (χ1) is 8.08. The average Bonchev–Trinajstić information content (AvgIpc) is 2.29. The highest BCUT2D eigenvalue weighted by atomic mass is 79.9. The second-order valence-corrected chi connectivity index (χ2v) is 5.30. The van der Waals surface area contributed by atoms with Gasteiger partial charge >= 0.3 is 5.97 Å². The Morgan fingerprint density at radius 3 is 2.53 bits per heavy atom. The third kappa shape index (κ3) is 2.75. The fourth-order valence-corrected chi connectivity index (χ4v) is 2.63. The number of benzene rings is 1. The van der Waals surface area contributed by atoms with Crippen LogP contribution in [-0.4, -0.2) is 16.9 Å². The molecule has 4 heteroatoms. The van der Waals surface area contributed by atoms with Crippen LogP contribution < -0.4 is 0 Å². The number of carboxylic acids is 1. The molecule has 0 unspecified atom stereocenters. The van der Waals surface area contributed by atoms with Gasteiger partial charge in [0.15, 0.2) is 0 Å². The molecule has 0 radical (unpaired) electrons. The van der Waals surface area contributed by atoms with Gasteiger partial charge in [0.25, 0.3) is 0 Å². The number of carboxylic acid groups (broad SMARTS) is 1. The summed E-state index contributed by atoms with van der Waals surface area (Å²) in [6.07, 6.45) is 1.19. The Kier molecular flexibility index (Phi) is 3.62. The van der Waals surface area contributed by atoms with E-state index in [1.165, 1.54) is 0 Å². The maximum absolute atomic E-state index is 11.5. The van der Waals surface area contributed by atoms with Crippen LogP contribution in [0.25, 0.3) is 0 Å². The molecule has 1 aromatic rings. The van der Waals surface area contributed by atoms with Crippen molar-refractivity contribution in [2.45, 2.75) is 25.2 Å². The lowest BCUT2D eigenvalue weighted by molar-refractivity contribution is -0.144. The Morgan fingerprint density at radius 1 is 1.29 bits per heavy atom. The van der Waals surface area contributed by atoms with Crippen molar-refractivity contribution in [2.75, 3.05) is 0 Å². The van der Waals surface area contributed by atoms with E-state index in [1.54, 1.807) is 0 Å². The van der Waals surface area contributed by atoms with Gasteiger partial charge in [-0.1, -0.05) is 28.1 Å². The summed E-state index contributed by atoms with van der Waals surface area (Å²) in [5.74, 6) is -1.25. The molecule has 1 aliphatic carbocycles. The van der Waals surface area contributed by atoms with Crippen LogP contribution in [0.1, 0.15) is 30.7 Å². The number of aliphatic carboxylic acids is 1. The molecule has 2 rings (SSSR count). The van der Waals surface area contributed by atoms with Crippen LogP contribution in [-0.2, 0) is 9.59 Å². The summed E-state index contributed by atoms with van der Waals surface area (Å²) in [5.41, 5.74) is 0.939. The molecule has 2 atom stereocenters. The van der Waals surface area contributed by atoms with E-state index in [4.69, 9.17) is 0 Å². The van der Waals surface area contributed by atoms with E-state index in [-0.39, 0.29) is 11.7 Å². The van der Waals surface area contributed by atoms with Gasteiger partial charge in [-0.2, -0.15) is 0 Å². The largest absolute Gasteiger partial charge is 0.481 e. The predicted molar refractivity (Wildman–Crippen MR) is 66.9 cm³/mol. The molecule has 0 heterocycles. The summed E-state index contributed by atoms with van der Waals surface area (Å²) in [6.45, 7) is 0. The van der Waals surface area contributed by atoms with Gasteiger partial charge in [0.2, 0.25) is 0 Å². The average molecular weight is 297 g/mol. The van der Waals surface area contributed by atoms with Crippen LogP contribution in [0.5, 0.6) is 0 Å². The first kappa shape index (κ1) is 12.3. The molecule has 17 heavy (non-hydrogen) atoms. The quantitative estimate of drug-likeness (QED) is 0.913. The number of Topliss-reactive ketones (excluding diaryl/α,β-unsaturated/α-hetero) is 1. The number of carbonyl (C=O) groups excluding carboxylic acids is 1.